The van der Waals surface area contributed by atoms with Crippen LogP contribution in [0.25, 0.3) is 16.8 Å². The monoisotopic (exact) mass is 299 g/mol. The van der Waals surface area contributed by atoms with Crippen molar-refractivity contribution in [2.24, 2.45) is 4.99 Å². The summed E-state index contributed by atoms with van der Waals surface area (Å²) in [5.41, 5.74) is 4.37. The molecule has 0 saturated heterocycles. The number of allylic oxidation sites excluding steroid dienone is 1. The maximum Gasteiger partial charge on any atom is 0.169 e. The van der Waals surface area contributed by atoms with Crippen molar-refractivity contribution in [1.82, 2.24) is 9.55 Å². The predicted octanol–water partition coefficient (Wildman–Crippen LogP) is 3.65. The Morgan fingerprint density at radius 3 is 2.81 bits per heavy atom. The van der Waals surface area contributed by atoms with Gasteiger partial charge < -0.3 is 4.57 Å². The van der Waals surface area contributed by atoms with E-state index in [0.29, 0.717) is 0 Å². The van der Waals surface area contributed by atoms with E-state index in [-0.39, 0.29) is 5.82 Å². The molecule has 0 N–H and O–H groups in total. The number of hydrogen-bond acceptors (Lipinski definition) is 3. The van der Waals surface area contributed by atoms with E-state index in [1.165, 1.54) is 23.4 Å². The van der Waals surface area contributed by atoms with Crippen molar-refractivity contribution in [3.63, 3.8) is 0 Å². The standard InChI is InChI=1S/C16H14FN3S/c17-13-3-1-11(2-4-13)14-15(12-5-7-18-8-6-12)20-9-10-21-16(20)19-14/h1-5,7H,6,8-10H2. The van der Waals surface area contributed by atoms with E-state index in [9.17, 15) is 4.39 Å². The number of halogens is 1. The summed E-state index contributed by atoms with van der Waals surface area (Å²) >= 11 is 1.78. The first-order chi connectivity index (χ1) is 10.3. The van der Waals surface area contributed by atoms with Gasteiger partial charge in [0.2, 0.25) is 0 Å². The highest BCUT2D eigenvalue weighted by Gasteiger charge is 2.25. The fraction of sp³-hybridized carbons (Fsp3) is 0.250. The van der Waals surface area contributed by atoms with Crippen LogP contribution in [0, 0.1) is 5.82 Å². The lowest BCUT2D eigenvalue weighted by atomic mass is 10.0. The van der Waals surface area contributed by atoms with Gasteiger partial charge in [-0.25, -0.2) is 9.37 Å². The zero-order valence-corrected chi connectivity index (χ0v) is 12.2. The van der Waals surface area contributed by atoms with Crippen molar-refractivity contribution in [2.45, 2.75) is 18.1 Å². The van der Waals surface area contributed by atoms with Gasteiger partial charge in [0.25, 0.3) is 0 Å². The Morgan fingerprint density at radius 1 is 1.19 bits per heavy atom. The zero-order valence-electron chi connectivity index (χ0n) is 11.4. The molecular formula is C16H14FN3S. The molecule has 2 aliphatic rings. The lowest BCUT2D eigenvalue weighted by Gasteiger charge is -2.13. The minimum Gasteiger partial charge on any atom is -0.318 e. The van der Waals surface area contributed by atoms with Crippen LogP contribution in [-0.2, 0) is 6.54 Å². The molecule has 4 rings (SSSR count). The fourth-order valence-electron chi connectivity index (χ4n) is 2.80. The average molecular weight is 299 g/mol. The molecule has 0 unspecified atom stereocenters. The second-order valence-electron chi connectivity index (χ2n) is 5.10. The Kier molecular flexibility index (Phi) is 3.15. The first-order valence-electron chi connectivity index (χ1n) is 7.01. The number of imidazole rings is 1. The molecule has 0 spiro atoms. The fourth-order valence-corrected chi connectivity index (χ4v) is 3.75. The summed E-state index contributed by atoms with van der Waals surface area (Å²) in [6.45, 7) is 1.81. The van der Waals surface area contributed by atoms with E-state index in [1.807, 2.05) is 6.21 Å². The normalized spacial score (nSPS) is 16.9. The van der Waals surface area contributed by atoms with E-state index in [0.717, 1.165) is 41.7 Å². The molecule has 106 valence electrons. The van der Waals surface area contributed by atoms with Crippen molar-refractivity contribution < 1.29 is 4.39 Å². The molecule has 3 heterocycles. The molecule has 0 bridgehead atoms. The summed E-state index contributed by atoms with van der Waals surface area (Å²) in [4.78, 5) is 9.04. The summed E-state index contributed by atoms with van der Waals surface area (Å²) < 4.78 is 15.4. The maximum atomic E-state index is 13.2. The van der Waals surface area contributed by atoms with Gasteiger partial charge in [0, 0.05) is 30.6 Å². The second kappa shape index (κ2) is 5.15. The van der Waals surface area contributed by atoms with Crippen LogP contribution in [-0.4, -0.2) is 28.1 Å². The van der Waals surface area contributed by atoms with E-state index in [1.54, 1.807) is 23.9 Å². The van der Waals surface area contributed by atoms with Crippen LogP contribution < -0.4 is 0 Å². The third-order valence-corrected chi connectivity index (χ3v) is 4.75. The van der Waals surface area contributed by atoms with Gasteiger partial charge in [0.1, 0.15) is 5.82 Å². The zero-order chi connectivity index (χ0) is 14.2. The molecule has 0 saturated carbocycles. The average Bonchev–Trinajstić information content (AvgIpc) is 3.09. The number of hydrogen-bond donors (Lipinski definition) is 0. The number of thioether (sulfide) groups is 1. The third kappa shape index (κ3) is 2.21. The first-order valence-corrected chi connectivity index (χ1v) is 8.00. The van der Waals surface area contributed by atoms with Gasteiger partial charge in [0.15, 0.2) is 5.16 Å². The van der Waals surface area contributed by atoms with Gasteiger partial charge in [0.05, 0.1) is 11.4 Å². The number of nitrogens with zero attached hydrogens (tertiary/aromatic N) is 3. The summed E-state index contributed by atoms with van der Waals surface area (Å²) in [5, 5.41) is 1.06. The molecule has 0 atom stereocenters. The highest BCUT2D eigenvalue weighted by molar-refractivity contribution is 7.99. The Balaban J connectivity index is 1.89. The van der Waals surface area contributed by atoms with Gasteiger partial charge in [-0.1, -0.05) is 11.8 Å². The van der Waals surface area contributed by atoms with Gasteiger partial charge in [-0.15, -0.1) is 0 Å². The Bertz CT molecular complexity index is 744. The van der Waals surface area contributed by atoms with Crippen molar-refractivity contribution in [3.05, 3.63) is 41.9 Å². The second-order valence-corrected chi connectivity index (χ2v) is 6.16. The van der Waals surface area contributed by atoms with E-state index >= 15 is 0 Å². The van der Waals surface area contributed by atoms with Crippen LogP contribution in [0.4, 0.5) is 4.39 Å². The summed E-state index contributed by atoms with van der Waals surface area (Å²) in [6, 6.07) is 6.60. The smallest absolute Gasteiger partial charge is 0.169 e. The number of benzene rings is 1. The summed E-state index contributed by atoms with van der Waals surface area (Å²) in [7, 11) is 0. The van der Waals surface area contributed by atoms with Crippen LogP contribution >= 0.6 is 11.8 Å². The number of aromatic nitrogens is 2. The third-order valence-electron chi connectivity index (χ3n) is 3.79. The summed E-state index contributed by atoms with van der Waals surface area (Å²) in [6.07, 6.45) is 4.87. The van der Waals surface area contributed by atoms with Crippen molar-refractivity contribution >= 4 is 23.5 Å². The van der Waals surface area contributed by atoms with E-state index < -0.39 is 0 Å². The van der Waals surface area contributed by atoms with Crippen molar-refractivity contribution in [1.29, 1.82) is 0 Å². The molecule has 1 aromatic heterocycles. The van der Waals surface area contributed by atoms with Gasteiger partial charge in [-0.2, -0.15) is 0 Å². The molecule has 21 heavy (non-hydrogen) atoms. The minimum absolute atomic E-state index is 0.217. The minimum atomic E-state index is -0.217. The first kappa shape index (κ1) is 12.8. The highest BCUT2D eigenvalue weighted by atomic mass is 32.2. The van der Waals surface area contributed by atoms with E-state index in [4.69, 9.17) is 4.98 Å². The van der Waals surface area contributed by atoms with Crippen LogP contribution in [0.15, 0.2) is 40.5 Å². The lowest BCUT2D eigenvalue weighted by molar-refractivity contribution is 0.628. The maximum absolute atomic E-state index is 13.2. The molecule has 3 nitrogen and oxygen atoms in total. The van der Waals surface area contributed by atoms with Crippen LogP contribution in [0.5, 0.6) is 0 Å². The Hall–Kier alpha value is -1.88. The number of rotatable bonds is 2. The number of fused-ring (bicyclic) bond motifs is 1. The topological polar surface area (TPSA) is 30.2 Å². The quantitative estimate of drug-likeness (QED) is 0.847. The van der Waals surface area contributed by atoms with E-state index in [2.05, 4.69) is 15.6 Å². The molecule has 2 aliphatic heterocycles. The Labute approximate surface area is 126 Å². The largest absolute Gasteiger partial charge is 0.318 e. The van der Waals surface area contributed by atoms with Crippen molar-refractivity contribution in [2.75, 3.05) is 12.3 Å². The van der Waals surface area contributed by atoms with Crippen LogP contribution in [0.3, 0.4) is 0 Å². The summed E-state index contributed by atoms with van der Waals surface area (Å²) in [5.74, 6) is 0.853. The highest BCUT2D eigenvalue weighted by Crippen LogP contribution is 2.37. The lowest BCUT2D eigenvalue weighted by Crippen LogP contribution is -2.04. The Morgan fingerprint density at radius 2 is 2.05 bits per heavy atom. The molecule has 2 aromatic rings. The SMILES string of the molecule is Fc1ccc(-c2nc3n(c2C2=CC=NCC2)CCS3)cc1. The molecule has 0 radical (unpaired) electrons. The van der Waals surface area contributed by atoms with Gasteiger partial charge >= 0.3 is 0 Å². The van der Waals surface area contributed by atoms with Gasteiger partial charge in [-0.3, -0.25) is 4.99 Å². The molecule has 1 aromatic carbocycles. The van der Waals surface area contributed by atoms with Crippen LogP contribution in [0.2, 0.25) is 0 Å². The predicted molar refractivity (Wildman–Crippen MR) is 84.3 cm³/mol. The number of dihydropyridines is 1. The molecular weight excluding hydrogens is 285 g/mol. The van der Waals surface area contributed by atoms with Crippen molar-refractivity contribution in [3.8, 4) is 11.3 Å². The van der Waals surface area contributed by atoms with Gasteiger partial charge in [-0.05, 0) is 42.3 Å². The molecule has 0 amide bonds. The number of aliphatic imine (C=N–C) groups is 1. The van der Waals surface area contributed by atoms with Crippen LogP contribution in [0.1, 0.15) is 12.1 Å². The molecule has 0 fully saturated rings. The molecule has 5 heteroatoms. The molecule has 0 aliphatic carbocycles.